The molecular formula is C32H35ClF3N3O3. The number of amides is 1. The molecule has 2 unspecified atom stereocenters. The van der Waals surface area contributed by atoms with Crippen LogP contribution in [0.5, 0.6) is 5.75 Å². The molecule has 2 N–H and O–H groups in total. The van der Waals surface area contributed by atoms with Crippen LogP contribution in [0.4, 0.5) is 13.2 Å². The molecule has 0 spiro atoms. The molecule has 2 aliphatic rings. The van der Waals surface area contributed by atoms with Crippen LogP contribution in [0, 0.1) is 5.82 Å². The maximum Gasteiger partial charge on any atom is 0.351 e. The number of hydrogen-bond donors (Lipinski definition) is 2. The lowest BCUT2D eigenvalue weighted by atomic mass is 10.00. The topological polar surface area (TPSA) is 74.7 Å². The van der Waals surface area contributed by atoms with Gasteiger partial charge in [-0.25, -0.2) is 4.39 Å². The second-order valence-electron chi connectivity index (χ2n) is 11.1. The number of pyridine rings is 1. The standard InChI is InChI=1S/C32H35ClF3N3O3/c1-2-5-20-16-21(6-11-26(20)34)27-12-8-23(18-37-27)32(35,36)31(41)38-28(19-39-14-3-4-15-39)30(40)22-7-13-29(25(33)17-22)42-24-9-10-24/h6-8,11-13,16-18,24,28,30,40H,2-5,9-10,14-15,19H2,1H3,(H,38,41). The van der Waals surface area contributed by atoms with Crippen LogP contribution in [0.1, 0.15) is 61.8 Å². The first-order chi connectivity index (χ1) is 20.2. The van der Waals surface area contributed by atoms with E-state index in [-0.39, 0.29) is 18.5 Å². The van der Waals surface area contributed by atoms with E-state index in [4.69, 9.17) is 16.3 Å². The zero-order valence-electron chi connectivity index (χ0n) is 23.5. The van der Waals surface area contributed by atoms with Gasteiger partial charge in [0.05, 0.1) is 22.9 Å². The Morgan fingerprint density at radius 3 is 2.57 bits per heavy atom. The summed E-state index contributed by atoms with van der Waals surface area (Å²) in [5.41, 5.74) is 1.32. The summed E-state index contributed by atoms with van der Waals surface area (Å²) in [5, 5.41) is 14.0. The lowest BCUT2D eigenvalue weighted by molar-refractivity contribution is -0.149. The average Bonchev–Trinajstić information content (AvgIpc) is 3.66. The molecule has 224 valence electrons. The van der Waals surface area contributed by atoms with Gasteiger partial charge in [-0.2, -0.15) is 8.78 Å². The zero-order valence-corrected chi connectivity index (χ0v) is 24.2. The predicted molar refractivity (Wildman–Crippen MR) is 155 cm³/mol. The average molecular weight is 602 g/mol. The highest BCUT2D eigenvalue weighted by Gasteiger charge is 2.43. The van der Waals surface area contributed by atoms with Crippen molar-refractivity contribution in [3.8, 4) is 17.0 Å². The minimum atomic E-state index is -3.91. The number of carbonyl (C=O) groups is 1. The molecule has 2 atom stereocenters. The third-order valence-corrected chi connectivity index (χ3v) is 8.03. The molecule has 2 heterocycles. The Hall–Kier alpha value is -3.14. The Balaban J connectivity index is 1.33. The van der Waals surface area contributed by atoms with Crippen molar-refractivity contribution in [1.82, 2.24) is 15.2 Å². The van der Waals surface area contributed by atoms with Crippen molar-refractivity contribution in [2.24, 2.45) is 0 Å². The predicted octanol–water partition coefficient (Wildman–Crippen LogP) is 6.44. The van der Waals surface area contributed by atoms with Crippen molar-refractivity contribution in [1.29, 1.82) is 0 Å². The van der Waals surface area contributed by atoms with Crippen LogP contribution < -0.4 is 10.1 Å². The number of aliphatic hydroxyl groups is 1. The second-order valence-corrected chi connectivity index (χ2v) is 11.5. The van der Waals surface area contributed by atoms with E-state index in [0.29, 0.717) is 39.6 Å². The van der Waals surface area contributed by atoms with E-state index < -0.39 is 29.5 Å². The fraction of sp³-hybridized carbons (Fsp3) is 0.438. The highest BCUT2D eigenvalue weighted by atomic mass is 35.5. The van der Waals surface area contributed by atoms with Gasteiger partial charge < -0.3 is 20.1 Å². The summed E-state index contributed by atoms with van der Waals surface area (Å²) in [6, 6.07) is 10.9. The van der Waals surface area contributed by atoms with Gasteiger partial charge in [0.2, 0.25) is 0 Å². The van der Waals surface area contributed by atoms with Crippen molar-refractivity contribution < 1.29 is 27.8 Å². The molecule has 1 aliphatic heterocycles. The van der Waals surface area contributed by atoms with Crippen molar-refractivity contribution >= 4 is 17.5 Å². The number of aryl methyl sites for hydroxylation is 1. The van der Waals surface area contributed by atoms with Gasteiger partial charge in [-0.1, -0.05) is 31.0 Å². The van der Waals surface area contributed by atoms with Gasteiger partial charge in [-0.15, -0.1) is 0 Å². The Labute approximate surface area is 248 Å². The number of hydrogen-bond acceptors (Lipinski definition) is 5. The molecule has 1 aliphatic carbocycles. The SMILES string of the molecule is CCCc1cc(-c2ccc(C(F)(F)C(=O)NC(CN3CCCC3)C(O)c3ccc(OC4CC4)c(Cl)c3)cn2)ccc1F. The first kappa shape index (κ1) is 30.3. The molecule has 1 amide bonds. The normalized spacial score (nSPS) is 17.2. The Morgan fingerprint density at radius 2 is 1.93 bits per heavy atom. The van der Waals surface area contributed by atoms with E-state index in [1.807, 2.05) is 11.8 Å². The summed E-state index contributed by atoms with van der Waals surface area (Å²) in [5.74, 6) is -5.27. The fourth-order valence-corrected chi connectivity index (χ4v) is 5.43. The summed E-state index contributed by atoms with van der Waals surface area (Å²) < 4.78 is 50.7. The number of carbonyl (C=O) groups excluding carboxylic acids is 1. The monoisotopic (exact) mass is 601 g/mol. The van der Waals surface area contributed by atoms with Crippen molar-refractivity contribution in [3.05, 3.63) is 82.3 Å². The summed E-state index contributed by atoms with van der Waals surface area (Å²) in [6.45, 7) is 3.64. The summed E-state index contributed by atoms with van der Waals surface area (Å²) in [6.07, 6.45) is 4.96. The molecule has 1 saturated carbocycles. The maximum absolute atomic E-state index is 15.5. The van der Waals surface area contributed by atoms with Crippen molar-refractivity contribution in [3.63, 3.8) is 0 Å². The highest BCUT2D eigenvalue weighted by Crippen LogP contribution is 2.35. The van der Waals surface area contributed by atoms with E-state index in [1.165, 1.54) is 12.1 Å². The molecular weight excluding hydrogens is 567 g/mol. The summed E-state index contributed by atoms with van der Waals surface area (Å²) >= 11 is 6.39. The number of benzene rings is 2. The van der Waals surface area contributed by atoms with Gasteiger partial charge in [-0.05, 0) is 98.8 Å². The Bertz CT molecular complexity index is 1400. The largest absolute Gasteiger partial charge is 0.489 e. The smallest absolute Gasteiger partial charge is 0.351 e. The molecule has 5 rings (SSSR count). The van der Waals surface area contributed by atoms with E-state index in [0.717, 1.165) is 57.5 Å². The molecule has 3 aromatic rings. The third kappa shape index (κ3) is 7.07. The highest BCUT2D eigenvalue weighted by molar-refractivity contribution is 6.32. The van der Waals surface area contributed by atoms with E-state index >= 15 is 8.78 Å². The van der Waals surface area contributed by atoms with E-state index in [2.05, 4.69) is 10.3 Å². The number of aromatic nitrogens is 1. The first-order valence-corrected chi connectivity index (χ1v) is 14.8. The number of alkyl halides is 2. The van der Waals surface area contributed by atoms with Gasteiger partial charge in [0.1, 0.15) is 17.7 Å². The minimum Gasteiger partial charge on any atom is -0.489 e. The van der Waals surface area contributed by atoms with Gasteiger partial charge in [0.15, 0.2) is 0 Å². The molecule has 42 heavy (non-hydrogen) atoms. The summed E-state index contributed by atoms with van der Waals surface area (Å²) in [4.78, 5) is 19.2. The lowest BCUT2D eigenvalue weighted by Gasteiger charge is -2.30. The molecule has 0 bridgehead atoms. The van der Waals surface area contributed by atoms with Crippen LogP contribution in [-0.4, -0.2) is 52.7 Å². The Morgan fingerprint density at radius 1 is 1.17 bits per heavy atom. The van der Waals surface area contributed by atoms with Crippen molar-refractivity contribution in [2.75, 3.05) is 19.6 Å². The van der Waals surface area contributed by atoms with Gasteiger partial charge in [0.25, 0.3) is 5.91 Å². The van der Waals surface area contributed by atoms with Crippen molar-refractivity contribution in [2.45, 2.75) is 69.6 Å². The van der Waals surface area contributed by atoms with E-state index in [9.17, 15) is 14.3 Å². The van der Waals surface area contributed by atoms with Crippen LogP contribution in [0.3, 0.4) is 0 Å². The fourth-order valence-electron chi connectivity index (χ4n) is 5.20. The number of rotatable bonds is 12. The third-order valence-electron chi connectivity index (χ3n) is 7.74. The number of halogens is 4. The van der Waals surface area contributed by atoms with Crippen LogP contribution in [0.15, 0.2) is 54.7 Å². The molecule has 1 aromatic heterocycles. The van der Waals surface area contributed by atoms with Gasteiger partial charge >= 0.3 is 5.92 Å². The van der Waals surface area contributed by atoms with Crippen LogP contribution in [-0.2, 0) is 17.1 Å². The number of nitrogens with zero attached hydrogens (tertiary/aromatic N) is 2. The lowest BCUT2D eigenvalue weighted by Crippen LogP contribution is -2.51. The first-order valence-electron chi connectivity index (χ1n) is 14.5. The molecule has 6 nitrogen and oxygen atoms in total. The van der Waals surface area contributed by atoms with E-state index in [1.54, 1.807) is 30.3 Å². The Kier molecular flexibility index (Phi) is 9.40. The molecule has 1 saturated heterocycles. The van der Waals surface area contributed by atoms with Crippen LogP contribution >= 0.6 is 11.6 Å². The quantitative estimate of drug-likeness (QED) is 0.250. The number of aliphatic hydroxyl groups excluding tert-OH is 1. The van der Waals surface area contributed by atoms with Crippen LogP contribution in [0.2, 0.25) is 5.02 Å². The molecule has 2 aromatic carbocycles. The molecule has 2 fully saturated rings. The van der Waals surface area contributed by atoms with Gasteiger partial charge in [0, 0.05) is 23.9 Å². The zero-order chi connectivity index (χ0) is 29.9. The number of nitrogens with one attached hydrogen (secondary N) is 1. The number of ether oxygens (including phenoxy) is 1. The van der Waals surface area contributed by atoms with Gasteiger partial charge in [-0.3, -0.25) is 9.78 Å². The molecule has 0 radical (unpaired) electrons. The summed E-state index contributed by atoms with van der Waals surface area (Å²) in [7, 11) is 0. The molecule has 10 heteroatoms. The second kappa shape index (κ2) is 13.0. The number of likely N-dealkylation sites (tertiary alicyclic amines) is 1. The minimum absolute atomic E-state index is 0.139. The maximum atomic E-state index is 15.5. The van der Waals surface area contributed by atoms with Crippen LogP contribution in [0.25, 0.3) is 11.3 Å².